The fourth-order valence-corrected chi connectivity index (χ4v) is 3.69. The first kappa shape index (κ1) is 18.5. The van der Waals surface area contributed by atoms with Crippen LogP contribution in [-0.4, -0.2) is 21.6 Å². The molecule has 0 saturated heterocycles. The zero-order chi connectivity index (χ0) is 19.8. The minimum Gasteiger partial charge on any atom is -0.325 e. The summed E-state index contributed by atoms with van der Waals surface area (Å²) < 4.78 is 1.57. The maximum Gasteiger partial charge on any atom is 0.251 e. The Hall–Kier alpha value is -2.83. The highest BCUT2D eigenvalue weighted by atomic mass is 35.5. The number of aryl methyl sites for hydroxylation is 1. The van der Waals surface area contributed by atoms with E-state index < -0.39 is 6.04 Å². The van der Waals surface area contributed by atoms with Gasteiger partial charge in [-0.3, -0.25) is 9.59 Å². The Morgan fingerprint density at radius 2 is 2.00 bits per heavy atom. The molecule has 4 rings (SSSR count). The van der Waals surface area contributed by atoms with Crippen LogP contribution in [0.15, 0.2) is 48.5 Å². The van der Waals surface area contributed by atoms with Crippen LogP contribution in [0.4, 0.5) is 11.5 Å². The second-order valence-electron chi connectivity index (χ2n) is 6.50. The van der Waals surface area contributed by atoms with Crippen molar-refractivity contribution in [2.45, 2.75) is 19.4 Å². The molecule has 0 spiro atoms. The van der Waals surface area contributed by atoms with Crippen molar-refractivity contribution in [1.29, 1.82) is 0 Å². The van der Waals surface area contributed by atoms with E-state index in [2.05, 4.69) is 15.7 Å². The average Bonchev–Trinajstić information content (AvgIpc) is 3.11. The first-order chi connectivity index (χ1) is 13.4. The molecule has 0 fully saturated rings. The van der Waals surface area contributed by atoms with Crippen LogP contribution < -0.4 is 10.6 Å². The van der Waals surface area contributed by atoms with Gasteiger partial charge in [-0.2, -0.15) is 5.10 Å². The summed E-state index contributed by atoms with van der Waals surface area (Å²) >= 11 is 12.2. The third-order valence-electron chi connectivity index (χ3n) is 4.56. The van der Waals surface area contributed by atoms with Crippen LogP contribution in [0.25, 0.3) is 11.1 Å². The quantitative estimate of drug-likeness (QED) is 0.649. The largest absolute Gasteiger partial charge is 0.325 e. The van der Waals surface area contributed by atoms with Gasteiger partial charge in [0.1, 0.15) is 11.9 Å². The lowest BCUT2D eigenvalue weighted by Gasteiger charge is -2.11. The summed E-state index contributed by atoms with van der Waals surface area (Å²) in [5, 5.41) is 11.1. The first-order valence-corrected chi connectivity index (χ1v) is 9.40. The summed E-state index contributed by atoms with van der Waals surface area (Å²) in [6.07, 6.45) is -0.0554. The van der Waals surface area contributed by atoms with E-state index in [0.29, 0.717) is 21.6 Å². The van der Waals surface area contributed by atoms with Crippen LogP contribution in [-0.2, 0) is 9.59 Å². The predicted octanol–water partition coefficient (Wildman–Crippen LogP) is 4.69. The minimum absolute atomic E-state index is 0.0554. The summed E-state index contributed by atoms with van der Waals surface area (Å²) in [5.41, 5.74) is 2.90. The number of halogens is 2. The van der Waals surface area contributed by atoms with E-state index in [1.54, 1.807) is 35.0 Å². The number of hydrogen-bond donors (Lipinski definition) is 2. The molecule has 3 aromatic rings. The van der Waals surface area contributed by atoms with E-state index in [1.165, 1.54) is 0 Å². The van der Waals surface area contributed by atoms with E-state index in [4.69, 9.17) is 23.2 Å². The molecule has 142 valence electrons. The molecule has 2 heterocycles. The highest BCUT2D eigenvalue weighted by molar-refractivity contribution is 6.33. The van der Waals surface area contributed by atoms with Crippen molar-refractivity contribution in [3.8, 4) is 11.1 Å². The molecule has 1 aromatic heterocycles. The van der Waals surface area contributed by atoms with Crippen molar-refractivity contribution >= 4 is 46.5 Å². The Bertz CT molecular complexity index is 1090. The number of anilines is 2. The van der Waals surface area contributed by atoms with Gasteiger partial charge in [0.05, 0.1) is 22.8 Å². The number of carbonyl (C=O) groups is 2. The zero-order valence-electron chi connectivity index (χ0n) is 14.9. The number of carbonyl (C=O) groups excluding carboxylic acids is 2. The standard InChI is InChI=1S/C20H16Cl2N4O2/c1-11-18(12-5-4-6-13(21)9-12)19-24-20(28)16(26(19)25-11)10-17(27)23-15-8-3-2-7-14(15)22/h2-9,16H,10H2,1H3,(H,23,27)(H,24,28). The van der Waals surface area contributed by atoms with Crippen LogP contribution in [0.5, 0.6) is 0 Å². The molecule has 0 bridgehead atoms. The van der Waals surface area contributed by atoms with E-state index in [0.717, 1.165) is 16.8 Å². The van der Waals surface area contributed by atoms with Crippen molar-refractivity contribution in [3.63, 3.8) is 0 Å². The number of rotatable bonds is 4. The summed E-state index contributed by atoms with van der Waals surface area (Å²) in [7, 11) is 0. The lowest BCUT2D eigenvalue weighted by atomic mass is 10.1. The van der Waals surface area contributed by atoms with Crippen molar-refractivity contribution < 1.29 is 9.59 Å². The maximum atomic E-state index is 12.5. The smallest absolute Gasteiger partial charge is 0.251 e. The number of hydrogen-bond acceptors (Lipinski definition) is 3. The van der Waals surface area contributed by atoms with E-state index in [1.807, 2.05) is 25.1 Å². The van der Waals surface area contributed by atoms with Gasteiger partial charge in [-0.25, -0.2) is 4.68 Å². The SMILES string of the molecule is Cc1nn2c(c1-c1cccc(Cl)c1)NC(=O)C2CC(=O)Nc1ccccc1Cl. The molecule has 0 radical (unpaired) electrons. The van der Waals surface area contributed by atoms with Crippen molar-refractivity contribution in [2.75, 3.05) is 10.6 Å². The van der Waals surface area contributed by atoms with Crippen LogP contribution in [0.3, 0.4) is 0 Å². The third kappa shape index (κ3) is 3.37. The van der Waals surface area contributed by atoms with Gasteiger partial charge in [-0.15, -0.1) is 0 Å². The number of para-hydroxylation sites is 1. The van der Waals surface area contributed by atoms with Gasteiger partial charge < -0.3 is 10.6 Å². The molecule has 6 nitrogen and oxygen atoms in total. The molecule has 0 aliphatic carbocycles. The summed E-state index contributed by atoms with van der Waals surface area (Å²) in [4.78, 5) is 25.0. The monoisotopic (exact) mass is 414 g/mol. The first-order valence-electron chi connectivity index (χ1n) is 8.64. The summed E-state index contributed by atoms with van der Waals surface area (Å²) in [5.74, 6) is -0.0287. The summed E-state index contributed by atoms with van der Waals surface area (Å²) in [6.45, 7) is 1.86. The molecular weight excluding hydrogens is 399 g/mol. The van der Waals surface area contributed by atoms with E-state index in [-0.39, 0.29) is 18.2 Å². The van der Waals surface area contributed by atoms with Gasteiger partial charge in [0.15, 0.2) is 0 Å². The van der Waals surface area contributed by atoms with Gasteiger partial charge in [0, 0.05) is 10.6 Å². The van der Waals surface area contributed by atoms with Crippen molar-refractivity contribution in [3.05, 3.63) is 64.3 Å². The van der Waals surface area contributed by atoms with E-state index in [9.17, 15) is 9.59 Å². The molecule has 2 N–H and O–H groups in total. The maximum absolute atomic E-state index is 12.5. The topological polar surface area (TPSA) is 76.0 Å². The Balaban J connectivity index is 1.60. The molecule has 1 unspecified atom stereocenters. The average molecular weight is 415 g/mol. The Labute approximate surface area is 171 Å². The Morgan fingerprint density at radius 3 is 2.75 bits per heavy atom. The van der Waals surface area contributed by atoms with Crippen molar-refractivity contribution in [2.24, 2.45) is 0 Å². The van der Waals surface area contributed by atoms with Gasteiger partial charge >= 0.3 is 0 Å². The molecule has 0 saturated carbocycles. The van der Waals surface area contributed by atoms with Crippen LogP contribution >= 0.6 is 23.2 Å². The number of aromatic nitrogens is 2. The van der Waals surface area contributed by atoms with Gasteiger partial charge in [-0.05, 0) is 36.8 Å². The van der Waals surface area contributed by atoms with Crippen LogP contribution in [0, 0.1) is 6.92 Å². The Morgan fingerprint density at radius 1 is 1.21 bits per heavy atom. The van der Waals surface area contributed by atoms with Crippen molar-refractivity contribution in [1.82, 2.24) is 9.78 Å². The van der Waals surface area contributed by atoms with Gasteiger partial charge in [-0.1, -0.05) is 47.5 Å². The lowest BCUT2D eigenvalue weighted by Crippen LogP contribution is -2.23. The predicted molar refractivity (Wildman–Crippen MR) is 110 cm³/mol. The second-order valence-corrected chi connectivity index (χ2v) is 7.34. The second kappa shape index (κ2) is 7.30. The number of benzene rings is 2. The molecule has 1 aliphatic heterocycles. The molecule has 2 aromatic carbocycles. The number of nitrogens with zero attached hydrogens (tertiary/aromatic N) is 2. The number of nitrogens with one attached hydrogen (secondary N) is 2. The molecule has 28 heavy (non-hydrogen) atoms. The fourth-order valence-electron chi connectivity index (χ4n) is 3.31. The fraction of sp³-hybridized carbons (Fsp3) is 0.150. The zero-order valence-corrected chi connectivity index (χ0v) is 16.4. The molecule has 8 heteroatoms. The molecule has 1 aliphatic rings. The third-order valence-corrected chi connectivity index (χ3v) is 5.13. The normalized spacial score (nSPS) is 15.2. The Kier molecular flexibility index (Phi) is 4.83. The highest BCUT2D eigenvalue weighted by Gasteiger charge is 2.36. The van der Waals surface area contributed by atoms with Gasteiger partial charge in [0.2, 0.25) is 5.91 Å². The lowest BCUT2D eigenvalue weighted by molar-refractivity contribution is -0.123. The number of amides is 2. The number of fused-ring (bicyclic) bond motifs is 1. The van der Waals surface area contributed by atoms with Crippen LogP contribution in [0.1, 0.15) is 18.2 Å². The molecule has 1 atom stereocenters. The molecule has 2 amide bonds. The minimum atomic E-state index is -0.732. The van der Waals surface area contributed by atoms with E-state index >= 15 is 0 Å². The summed E-state index contributed by atoms with van der Waals surface area (Å²) in [6, 6.07) is 13.5. The van der Waals surface area contributed by atoms with Crippen LogP contribution in [0.2, 0.25) is 10.0 Å². The molecular formula is C20H16Cl2N4O2. The highest BCUT2D eigenvalue weighted by Crippen LogP contribution is 2.39. The van der Waals surface area contributed by atoms with Gasteiger partial charge in [0.25, 0.3) is 5.91 Å².